The molecule has 0 bridgehead atoms. The Morgan fingerprint density at radius 3 is 3.12 bits per heavy atom. The molecule has 1 atom stereocenters. The first-order chi connectivity index (χ1) is 12.5. The van der Waals surface area contributed by atoms with Crippen molar-refractivity contribution >= 4 is 11.8 Å². The van der Waals surface area contributed by atoms with Gasteiger partial charge in [-0.05, 0) is 6.07 Å². The van der Waals surface area contributed by atoms with Crippen LogP contribution in [-0.2, 0) is 18.3 Å². The van der Waals surface area contributed by atoms with Gasteiger partial charge in [-0.2, -0.15) is 0 Å². The van der Waals surface area contributed by atoms with Gasteiger partial charge in [0.25, 0.3) is 5.56 Å². The van der Waals surface area contributed by atoms with Crippen LogP contribution in [0.25, 0.3) is 0 Å². The maximum Gasteiger partial charge on any atom is 0.317 e. The smallest absolute Gasteiger partial charge is 0.317 e. The Balaban J connectivity index is 1.55. The van der Waals surface area contributed by atoms with E-state index in [2.05, 4.69) is 10.3 Å². The largest absolute Gasteiger partial charge is 0.472 e. The van der Waals surface area contributed by atoms with Crippen molar-refractivity contribution in [3.63, 3.8) is 0 Å². The molecular formula is C17H23N5O4. The molecule has 0 spiro atoms. The van der Waals surface area contributed by atoms with Gasteiger partial charge in [-0.15, -0.1) is 0 Å². The molecule has 2 aromatic rings. The second-order valence-electron chi connectivity index (χ2n) is 6.28. The highest BCUT2D eigenvalue weighted by molar-refractivity contribution is 5.74. The van der Waals surface area contributed by atoms with E-state index in [1.807, 2.05) is 6.07 Å². The van der Waals surface area contributed by atoms with Crippen LogP contribution < -0.4 is 15.8 Å². The molecule has 140 valence electrons. The summed E-state index contributed by atoms with van der Waals surface area (Å²) in [5, 5.41) is 2.87. The summed E-state index contributed by atoms with van der Waals surface area (Å²) < 4.78 is 12.2. The van der Waals surface area contributed by atoms with E-state index >= 15 is 0 Å². The Labute approximate surface area is 151 Å². The van der Waals surface area contributed by atoms with Crippen LogP contribution in [0.15, 0.2) is 40.2 Å². The first-order valence-electron chi connectivity index (χ1n) is 8.43. The third-order valence-corrected chi connectivity index (χ3v) is 4.29. The number of nitrogens with one attached hydrogen (secondary N) is 1. The number of carbonyl (C=O) groups excluding carboxylic acids is 1. The molecule has 0 radical (unpaired) electrons. The van der Waals surface area contributed by atoms with Crippen LogP contribution in [-0.4, -0.2) is 59.9 Å². The van der Waals surface area contributed by atoms with Crippen LogP contribution in [0.4, 0.5) is 10.6 Å². The number of nitrogens with zero attached hydrogens (tertiary/aromatic N) is 4. The van der Waals surface area contributed by atoms with Gasteiger partial charge in [-0.3, -0.25) is 4.79 Å². The number of hydrogen-bond acceptors (Lipinski definition) is 6. The molecule has 1 aliphatic heterocycles. The number of amides is 2. The minimum absolute atomic E-state index is 0.143. The monoisotopic (exact) mass is 361 g/mol. The molecule has 1 fully saturated rings. The quantitative estimate of drug-likeness (QED) is 0.830. The Morgan fingerprint density at radius 1 is 1.50 bits per heavy atom. The van der Waals surface area contributed by atoms with Crippen molar-refractivity contribution in [1.82, 2.24) is 19.8 Å². The topological polar surface area (TPSA) is 92.8 Å². The van der Waals surface area contributed by atoms with Crippen LogP contribution in [0.1, 0.15) is 5.56 Å². The normalized spacial score (nSPS) is 17.2. The molecule has 3 heterocycles. The number of ether oxygens (including phenoxy) is 1. The maximum absolute atomic E-state index is 12.3. The van der Waals surface area contributed by atoms with E-state index in [9.17, 15) is 9.59 Å². The SMILES string of the molecule is CN(C[C@@H]1CN(C(=O)NCc2ccoc2)CCO1)c1nccn(C)c1=O. The van der Waals surface area contributed by atoms with Crippen molar-refractivity contribution < 1.29 is 13.9 Å². The van der Waals surface area contributed by atoms with E-state index in [4.69, 9.17) is 9.15 Å². The minimum atomic E-state index is -0.194. The van der Waals surface area contributed by atoms with Crippen LogP contribution in [0.3, 0.4) is 0 Å². The van der Waals surface area contributed by atoms with E-state index in [0.29, 0.717) is 38.6 Å². The lowest BCUT2D eigenvalue weighted by molar-refractivity contribution is -0.00917. The number of likely N-dealkylation sites (N-methyl/N-ethyl adjacent to an activating group) is 1. The first kappa shape index (κ1) is 18.0. The van der Waals surface area contributed by atoms with E-state index in [0.717, 1.165) is 5.56 Å². The van der Waals surface area contributed by atoms with Crippen molar-refractivity contribution in [1.29, 1.82) is 0 Å². The van der Waals surface area contributed by atoms with E-state index < -0.39 is 0 Å². The van der Waals surface area contributed by atoms with Gasteiger partial charge in [0.15, 0.2) is 5.82 Å². The van der Waals surface area contributed by atoms with Gasteiger partial charge < -0.3 is 28.8 Å². The highest BCUT2D eigenvalue weighted by atomic mass is 16.5. The number of aryl methyl sites for hydroxylation is 1. The highest BCUT2D eigenvalue weighted by Crippen LogP contribution is 2.10. The summed E-state index contributed by atoms with van der Waals surface area (Å²) in [6.07, 6.45) is 6.18. The summed E-state index contributed by atoms with van der Waals surface area (Å²) in [6.45, 7) is 2.33. The van der Waals surface area contributed by atoms with Crippen LogP contribution >= 0.6 is 0 Å². The fourth-order valence-corrected chi connectivity index (χ4v) is 2.84. The standard InChI is InChI=1S/C17H23N5O4/c1-20-5-4-18-15(16(20)23)21(2)10-14-11-22(6-8-26-14)17(24)19-9-13-3-7-25-12-13/h3-5,7,12,14H,6,8-11H2,1-2H3,(H,19,24)/t14-/m1/s1. The Kier molecular flexibility index (Phi) is 5.57. The number of carbonyl (C=O) groups is 1. The Hall–Kier alpha value is -2.81. The zero-order chi connectivity index (χ0) is 18.5. The maximum atomic E-state index is 12.3. The molecule has 26 heavy (non-hydrogen) atoms. The number of furan rings is 1. The van der Waals surface area contributed by atoms with Gasteiger partial charge in [0.05, 0.1) is 31.8 Å². The molecule has 0 aliphatic carbocycles. The Bertz CT molecular complexity index is 789. The van der Waals surface area contributed by atoms with Crippen LogP contribution in [0.2, 0.25) is 0 Å². The van der Waals surface area contributed by atoms with Crippen molar-refractivity contribution in [2.75, 3.05) is 38.2 Å². The molecule has 0 unspecified atom stereocenters. The lowest BCUT2D eigenvalue weighted by atomic mass is 10.2. The summed E-state index contributed by atoms with van der Waals surface area (Å²) in [4.78, 5) is 32.1. The molecule has 3 rings (SSSR count). The lowest BCUT2D eigenvalue weighted by Gasteiger charge is -2.34. The summed E-state index contributed by atoms with van der Waals surface area (Å²) in [5.74, 6) is 0.361. The predicted octanol–water partition coefficient (Wildman–Crippen LogP) is 0.420. The fourth-order valence-electron chi connectivity index (χ4n) is 2.84. The van der Waals surface area contributed by atoms with Gasteiger partial charge in [0.2, 0.25) is 0 Å². The number of rotatable bonds is 5. The van der Waals surface area contributed by atoms with Gasteiger partial charge in [-0.1, -0.05) is 0 Å². The molecule has 9 nitrogen and oxygen atoms in total. The third-order valence-electron chi connectivity index (χ3n) is 4.29. The van der Waals surface area contributed by atoms with Gasteiger partial charge in [0, 0.05) is 51.7 Å². The molecule has 2 amide bonds. The van der Waals surface area contributed by atoms with Gasteiger partial charge >= 0.3 is 6.03 Å². The van der Waals surface area contributed by atoms with Crippen molar-refractivity contribution in [2.45, 2.75) is 12.6 Å². The fraction of sp³-hybridized carbons (Fsp3) is 0.471. The average Bonchev–Trinajstić information content (AvgIpc) is 3.15. The minimum Gasteiger partial charge on any atom is -0.472 e. The van der Waals surface area contributed by atoms with Crippen LogP contribution in [0.5, 0.6) is 0 Å². The number of morpholine rings is 1. The predicted molar refractivity (Wildman–Crippen MR) is 95.0 cm³/mol. The van der Waals surface area contributed by atoms with Crippen LogP contribution in [0, 0.1) is 0 Å². The molecular weight excluding hydrogens is 338 g/mol. The second kappa shape index (κ2) is 8.05. The number of anilines is 1. The molecule has 0 saturated carbocycles. The zero-order valence-corrected chi connectivity index (χ0v) is 14.9. The Morgan fingerprint density at radius 2 is 2.35 bits per heavy atom. The summed E-state index contributed by atoms with van der Waals surface area (Å²) in [7, 11) is 3.48. The zero-order valence-electron chi connectivity index (χ0n) is 14.9. The number of aromatic nitrogens is 2. The molecule has 9 heteroatoms. The third kappa shape index (κ3) is 4.23. The first-order valence-corrected chi connectivity index (χ1v) is 8.43. The summed E-state index contributed by atoms with van der Waals surface area (Å²) >= 11 is 0. The second-order valence-corrected chi connectivity index (χ2v) is 6.28. The number of hydrogen-bond donors (Lipinski definition) is 1. The summed E-state index contributed by atoms with van der Waals surface area (Å²) in [6, 6.07) is 1.67. The van der Waals surface area contributed by atoms with Gasteiger partial charge in [-0.25, -0.2) is 9.78 Å². The molecule has 1 saturated heterocycles. The highest BCUT2D eigenvalue weighted by Gasteiger charge is 2.26. The van der Waals surface area contributed by atoms with E-state index in [1.54, 1.807) is 48.8 Å². The number of urea groups is 1. The molecule has 2 aromatic heterocycles. The van der Waals surface area contributed by atoms with Crippen molar-refractivity contribution in [3.05, 3.63) is 46.9 Å². The summed E-state index contributed by atoms with van der Waals surface area (Å²) in [5.41, 5.74) is 0.745. The van der Waals surface area contributed by atoms with Gasteiger partial charge in [0.1, 0.15) is 0 Å². The van der Waals surface area contributed by atoms with Crippen molar-refractivity contribution in [2.24, 2.45) is 7.05 Å². The lowest BCUT2D eigenvalue weighted by Crippen LogP contribution is -2.52. The van der Waals surface area contributed by atoms with E-state index in [1.165, 1.54) is 4.57 Å². The van der Waals surface area contributed by atoms with E-state index in [-0.39, 0.29) is 17.7 Å². The molecule has 1 N–H and O–H groups in total. The molecule has 0 aromatic carbocycles. The van der Waals surface area contributed by atoms with Crippen molar-refractivity contribution in [3.8, 4) is 0 Å². The average molecular weight is 361 g/mol. The molecule has 1 aliphatic rings.